The number of nitro benzene ring substituents is 1. The van der Waals surface area contributed by atoms with Crippen LogP contribution in [0.15, 0.2) is 53.3 Å². The van der Waals surface area contributed by atoms with Crippen LogP contribution in [0.5, 0.6) is 5.75 Å². The van der Waals surface area contributed by atoms with Crippen LogP contribution >= 0.6 is 0 Å². The van der Waals surface area contributed by atoms with Gasteiger partial charge in [0.1, 0.15) is 22.8 Å². The third kappa shape index (κ3) is 3.56. The molecule has 0 unspecified atom stereocenters. The van der Waals surface area contributed by atoms with E-state index in [0.717, 1.165) is 0 Å². The maximum absolute atomic E-state index is 13.9. The van der Waals surface area contributed by atoms with Gasteiger partial charge in [-0.15, -0.1) is 0 Å². The number of carbonyl (C=O) groups excluding carboxylic acids is 3. The Morgan fingerprint density at radius 1 is 1.15 bits per heavy atom. The molecule has 0 heterocycles. The van der Waals surface area contributed by atoms with E-state index in [1.165, 1.54) is 43.3 Å². The molecule has 0 aliphatic heterocycles. The highest BCUT2D eigenvalue weighted by molar-refractivity contribution is 6.24. The molecule has 4 atom stereocenters. The lowest BCUT2D eigenvalue weighted by atomic mass is 9.57. The van der Waals surface area contributed by atoms with E-state index in [9.17, 15) is 44.9 Å². The first-order valence-corrected chi connectivity index (χ1v) is 12.0. The van der Waals surface area contributed by atoms with Gasteiger partial charge in [-0.3, -0.25) is 29.4 Å². The molecule has 0 aromatic heterocycles. The third-order valence-electron chi connectivity index (χ3n) is 7.97. The summed E-state index contributed by atoms with van der Waals surface area (Å²) < 4.78 is 0. The van der Waals surface area contributed by atoms with E-state index in [2.05, 4.69) is 0 Å². The number of non-ortho nitro benzene ring substituents is 1. The molecule has 1 fully saturated rings. The van der Waals surface area contributed by atoms with Gasteiger partial charge in [-0.2, -0.15) is 0 Å². The van der Waals surface area contributed by atoms with Gasteiger partial charge in [0.25, 0.3) is 11.6 Å². The number of Topliss-reactive ketones (excluding diaryl/α,β-unsaturated/α-hetero) is 2. The van der Waals surface area contributed by atoms with Crippen molar-refractivity contribution in [2.75, 3.05) is 14.1 Å². The molecule has 3 aliphatic rings. The quantitative estimate of drug-likeness (QED) is 0.217. The lowest BCUT2D eigenvalue weighted by Crippen LogP contribution is -2.65. The molecular formula is C27H25N3O9. The maximum atomic E-state index is 13.9. The number of amides is 1. The Morgan fingerprint density at radius 2 is 1.85 bits per heavy atom. The number of carbonyl (C=O) groups is 3. The third-order valence-corrected chi connectivity index (χ3v) is 7.97. The van der Waals surface area contributed by atoms with E-state index in [0.29, 0.717) is 16.7 Å². The van der Waals surface area contributed by atoms with Crippen LogP contribution in [0.3, 0.4) is 0 Å². The van der Waals surface area contributed by atoms with Crippen LogP contribution < -0.4 is 5.73 Å². The second kappa shape index (κ2) is 8.75. The standard InChI is InChI=1S/C27H25N3O9/c1-29(2)21-16-10-12-9-15-14(11-4-3-5-13(8-11)30(38)39)6-7-17(31)19(15)22(32)18(12)24(34)27(16,37)25(35)20(23(21)33)26(28)36/h3-8,12,16,21,31-32,35,37H,9-10H2,1-2H3,(H2,28,36)/t12-,16-,21-,27-/m0/s1. The Labute approximate surface area is 221 Å². The fourth-order valence-electron chi connectivity index (χ4n) is 6.30. The first-order valence-electron chi connectivity index (χ1n) is 12.0. The molecule has 202 valence electrons. The van der Waals surface area contributed by atoms with Gasteiger partial charge in [-0.1, -0.05) is 18.2 Å². The smallest absolute Gasteiger partial charge is 0.270 e. The van der Waals surface area contributed by atoms with Crippen LogP contribution in [-0.4, -0.2) is 73.5 Å². The lowest BCUT2D eigenvalue weighted by Gasteiger charge is -2.50. The normalized spacial score (nSPS) is 26.3. The molecule has 3 aliphatic carbocycles. The first-order chi connectivity index (χ1) is 18.3. The summed E-state index contributed by atoms with van der Waals surface area (Å²) in [5.41, 5.74) is 2.54. The van der Waals surface area contributed by atoms with Gasteiger partial charge >= 0.3 is 0 Å². The lowest BCUT2D eigenvalue weighted by molar-refractivity contribution is -0.384. The largest absolute Gasteiger partial charge is 0.508 e. The molecule has 1 saturated carbocycles. The molecule has 0 saturated heterocycles. The van der Waals surface area contributed by atoms with Crippen LogP contribution in [0.1, 0.15) is 17.5 Å². The number of phenols is 1. The number of phenolic OH excluding ortho intramolecular Hbond substituents is 1. The van der Waals surface area contributed by atoms with Gasteiger partial charge in [0.2, 0.25) is 5.78 Å². The second-order valence-corrected chi connectivity index (χ2v) is 10.3. The predicted molar refractivity (Wildman–Crippen MR) is 136 cm³/mol. The van der Waals surface area contributed by atoms with Gasteiger partial charge < -0.3 is 26.2 Å². The van der Waals surface area contributed by atoms with E-state index in [1.807, 2.05) is 0 Å². The number of aromatic hydroxyl groups is 1. The minimum atomic E-state index is -2.72. The van der Waals surface area contributed by atoms with Gasteiger partial charge in [0.05, 0.1) is 16.5 Å². The van der Waals surface area contributed by atoms with Gasteiger partial charge in [-0.05, 0) is 55.6 Å². The number of fused-ring (bicyclic) bond motifs is 3. The van der Waals surface area contributed by atoms with Crippen LogP contribution in [0, 0.1) is 22.0 Å². The molecule has 0 bridgehead atoms. The highest BCUT2D eigenvalue weighted by atomic mass is 16.6. The molecule has 1 amide bonds. The highest BCUT2D eigenvalue weighted by Crippen LogP contribution is 2.53. The fourth-order valence-corrected chi connectivity index (χ4v) is 6.30. The van der Waals surface area contributed by atoms with Crippen LogP contribution in [0.4, 0.5) is 5.69 Å². The molecule has 0 spiro atoms. The Balaban J connectivity index is 1.73. The zero-order valence-corrected chi connectivity index (χ0v) is 20.9. The Hall–Kier alpha value is -4.55. The Bertz CT molecular complexity index is 1560. The number of primary amides is 1. The molecule has 2 aromatic carbocycles. The molecule has 6 N–H and O–H groups in total. The number of hydrogen-bond donors (Lipinski definition) is 5. The average Bonchev–Trinajstić information content (AvgIpc) is 2.86. The molecule has 39 heavy (non-hydrogen) atoms. The zero-order valence-electron chi connectivity index (χ0n) is 20.9. The number of nitrogens with two attached hydrogens (primary N) is 1. The summed E-state index contributed by atoms with van der Waals surface area (Å²) in [6.07, 6.45) is 0.0107. The van der Waals surface area contributed by atoms with Crippen molar-refractivity contribution in [2.45, 2.75) is 24.5 Å². The van der Waals surface area contributed by atoms with Crippen molar-refractivity contribution in [3.05, 3.63) is 74.5 Å². The summed E-state index contributed by atoms with van der Waals surface area (Å²) >= 11 is 0. The van der Waals surface area contributed by atoms with Gasteiger partial charge in [-0.25, -0.2) is 0 Å². The number of aliphatic hydroxyl groups excluding tert-OH is 2. The fraction of sp³-hybridized carbons (Fsp3) is 0.296. The number of ketones is 2. The number of hydrogen-bond acceptors (Lipinski definition) is 10. The minimum Gasteiger partial charge on any atom is -0.508 e. The molecule has 0 radical (unpaired) electrons. The molecule has 12 nitrogen and oxygen atoms in total. The number of rotatable bonds is 4. The van der Waals surface area contributed by atoms with Crippen LogP contribution in [0.2, 0.25) is 0 Å². The minimum absolute atomic E-state index is 0.0597. The maximum Gasteiger partial charge on any atom is 0.270 e. The summed E-state index contributed by atoms with van der Waals surface area (Å²) in [5.74, 6) is -7.37. The summed E-state index contributed by atoms with van der Waals surface area (Å²) in [6.45, 7) is 0. The van der Waals surface area contributed by atoms with Crippen molar-refractivity contribution in [2.24, 2.45) is 17.6 Å². The van der Waals surface area contributed by atoms with Crippen LogP contribution in [-0.2, 0) is 20.8 Å². The summed E-state index contributed by atoms with van der Waals surface area (Å²) in [5, 5.41) is 55.9. The summed E-state index contributed by atoms with van der Waals surface area (Å²) in [4.78, 5) is 51.3. The number of benzene rings is 2. The van der Waals surface area contributed by atoms with E-state index < -0.39 is 63.0 Å². The molecular weight excluding hydrogens is 510 g/mol. The number of likely N-dealkylation sites (N-methyl/N-ethyl adjacent to an activating group) is 1. The summed E-state index contributed by atoms with van der Waals surface area (Å²) in [6, 6.07) is 7.45. The van der Waals surface area contributed by atoms with Crippen molar-refractivity contribution in [3.63, 3.8) is 0 Å². The molecule has 5 rings (SSSR count). The van der Waals surface area contributed by atoms with Gasteiger partial charge in [0.15, 0.2) is 11.4 Å². The summed E-state index contributed by atoms with van der Waals surface area (Å²) in [7, 11) is 3.04. The van der Waals surface area contributed by atoms with Gasteiger partial charge in [0, 0.05) is 23.6 Å². The predicted octanol–water partition coefficient (Wildman–Crippen LogP) is 1.54. The first kappa shape index (κ1) is 26.1. The van der Waals surface area contributed by atoms with Crippen molar-refractivity contribution in [1.29, 1.82) is 0 Å². The monoisotopic (exact) mass is 535 g/mol. The van der Waals surface area contributed by atoms with Crippen molar-refractivity contribution in [3.8, 4) is 16.9 Å². The highest BCUT2D eigenvalue weighted by Gasteiger charge is 2.64. The van der Waals surface area contributed by atoms with Crippen molar-refractivity contribution >= 4 is 28.9 Å². The van der Waals surface area contributed by atoms with Crippen molar-refractivity contribution < 1.29 is 39.7 Å². The SMILES string of the molecule is CN(C)[C@@H]1C(=O)C(C(N)=O)=C(O)[C@@]2(O)C(=O)C3=C(O)c4c(O)ccc(-c5cccc([N+](=O)[O-])c5)c4C[C@H]3C[C@@H]12. The number of nitrogens with zero attached hydrogens (tertiary/aromatic N) is 2. The second-order valence-electron chi connectivity index (χ2n) is 10.3. The number of aliphatic hydroxyl groups is 3. The van der Waals surface area contributed by atoms with E-state index in [4.69, 9.17) is 5.73 Å². The van der Waals surface area contributed by atoms with E-state index in [1.54, 1.807) is 12.1 Å². The zero-order chi connectivity index (χ0) is 28.5. The Kier molecular flexibility index (Phi) is 5.85. The molecule has 12 heteroatoms. The van der Waals surface area contributed by atoms with E-state index in [-0.39, 0.29) is 35.4 Å². The average molecular weight is 536 g/mol. The Morgan fingerprint density at radius 3 is 2.46 bits per heavy atom. The molecule has 2 aromatic rings. The van der Waals surface area contributed by atoms with Crippen LogP contribution in [0.25, 0.3) is 16.9 Å². The van der Waals surface area contributed by atoms with E-state index >= 15 is 0 Å². The van der Waals surface area contributed by atoms with Crippen molar-refractivity contribution in [1.82, 2.24) is 4.90 Å². The number of nitro groups is 1. The topological polar surface area (TPSA) is 205 Å².